The van der Waals surface area contributed by atoms with E-state index in [0.29, 0.717) is 29.5 Å². The van der Waals surface area contributed by atoms with Crippen molar-refractivity contribution < 1.29 is 22.8 Å². The quantitative estimate of drug-likeness (QED) is 0.844. The van der Waals surface area contributed by atoms with Crippen LogP contribution in [0.5, 0.6) is 0 Å². The maximum atomic E-state index is 12.9. The van der Waals surface area contributed by atoms with Crippen LogP contribution >= 0.6 is 0 Å². The molecule has 1 aliphatic carbocycles. The molecule has 2 N–H and O–H groups in total. The fourth-order valence-corrected chi connectivity index (χ4v) is 3.92. The van der Waals surface area contributed by atoms with Gasteiger partial charge in [-0.2, -0.15) is 13.2 Å². The second kappa shape index (κ2) is 6.96. The Morgan fingerprint density at radius 3 is 2.57 bits per heavy atom. The third kappa shape index (κ3) is 3.48. The highest BCUT2D eigenvalue weighted by molar-refractivity contribution is 6.00. The number of carbonyl (C=O) groups is 2. The molecule has 7 heteroatoms. The largest absolute Gasteiger partial charge is 0.416 e. The lowest BCUT2D eigenvalue weighted by Gasteiger charge is -2.37. The SMILES string of the molecule is O=C1NCC(C(=O)NC2CC(c3cccc(C(F)(F)F)c3)C2)c2ccccc21. The molecule has 146 valence electrons. The summed E-state index contributed by atoms with van der Waals surface area (Å²) in [5.41, 5.74) is 1.21. The first-order valence-corrected chi connectivity index (χ1v) is 9.17. The summed E-state index contributed by atoms with van der Waals surface area (Å²) in [5.74, 6) is -0.805. The van der Waals surface area contributed by atoms with Gasteiger partial charge in [0.25, 0.3) is 5.91 Å². The molecular weight excluding hydrogens is 369 g/mol. The number of amides is 2. The Balaban J connectivity index is 1.39. The van der Waals surface area contributed by atoms with Crippen molar-refractivity contribution in [3.8, 4) is 0 Å². The minimum atomic E-state index is -4.35. The molecule has 4 nitrogen and oxygen atoms in total. The maximum absolute atomic E-state index is 12.9. The van der Waals surface area contributed by atoms with Crippen LogP contribution in [0.1, 0.15) is 51.7 Å². The zero-order chi connectivity index (χ0) is 19.9. The first-order valence-electron chi connectivity index (χ1n) is 9.17. The molecule has 1 atom stereocenters. The van der Waals surface area contributed by atoms with E-state index in [1.165, 1.54) is 12.1 Å². The standard InChI is InChI=1S/C21H19F3N2O2/c22-21(23,24)14-5-3-4-12(8-14)13-9-15(10-13)26-20(28)18-11-25-19(27)17-7-2-1-6-16(17)18/h1-8,13,15,18H,9-11H2,(H,25,27)(H,26,28). The Hall–Kier alpha value is -2.83. The van der Waals surface area contributed by atoms with Gasteiger partial charge in [-0.15, -0.1) is 0 Å². The lowest BCUT2D eigenvalue weighted by Crippen LogP contribution is -2.48. The Morgan fingerprint density at radius 2 is 1.82 bits per heavy atom. The van der Waals surface area contributed by atoms with Gasteiger partial charge >= 0.3 is 6.18 Å². The molecule has 1 unspecified atom stereocenters. The molecule has 2 aromatic carbocycles. The summed E-state index contributed by atoms with van der Waals surface area (Å²) in [6.45, 7) is 0.242. The van der Waals surface area contributed by atoms with Crippen LogP contribution in [0.3, 0.4) is 0 Å². The average Bonchev–Trinajstić information content (AvgIpc) is 2.64. The summed E-state index contributed by atoms with van der Waals surface area (Å²) in [4.78, 5) is 24.6. The zero-order valence-electron chi connectivity index (χ0n) is 14.9. The van der Waals surface area contributed by atoms with E-state index in [4.69, 9.17) is 0 Å². The number of rotatable bonds is 3. The third-order valence-corrected chi connectivity index (χ3v) is 5.53. The second-order valence-corrected chi connectivity index (χ2v) is 7.35. The molecule has 4 rings (SSSR count). The molecule has 2 aliphatic rings. The molecule has 1 heterocycles. The van der Waals surface area contributed by atoms with Gasteiger partial charge in [0.1, 0.15) is 0 Å². The number of nitrogens with one attached hydrogen (secondary N) is 2. The summed E-state index contributed by atoms with van der Waals surface area (Å²) in [7, 11) is 0. The van der Waals surface area contributed by atoms with Crippen LogP contribution < -0.4 is 10.6 Å². The van der Waals surface area contributed by atoms with Gasteiger partial charge in [-0.3, -0.25) is 9.59 Å². The number of fused-ring (bicyclic) bond motifs is 1. The lowest BCUT2D eigenvalue weighted by molar-refractivity contribution is -0.137. The molecule has 2 aromatic rings. The van der Waals surface area contributed by atoms with Gasteiger partial charge in [-0.05, 0) is 42.0 Å². The van der Waals surface area contributed by atoms with Crippen molar-refractivity contribution in [3.05, 3.63) is 70.8 Å². The van der Waals surface area contributed by atoms with Crippen LogP contribution in [0, 0.1) is 0 Å². The van der Waals surface area contributed by atoms with E-state index in [2.05, 4.69) is 10.6 Å². The summed E-state index contributed by atoms with van der Waals surface area (Å²) in [6.07, 6.45) is -3.15. The zero-order valence-corrected chi connectivity index (χ0v) is 14.9. The molecule has 0 spiro atoms. The van der Waals surface area contributed by atoms with Crippen molar-refractivity contribution in [1.82, 2.24) is 10.6 Å². The van der Waals surface area contributed by atoms with E-state index in [9.17, 15) is 22.8 Å². The fourth-order valence-electron chi connectivity index (χ4n) is 3.92. The van der Waals surface area contributed by atoms with Gasteiger partial charge in [0.15, 0.2) is 0 Å². The Morgan fingerprint density at radius 1 is 1.07 bits per heavy atom. The molecule has 0 saturated heterocycles. The van der Waals surface area contributed by atoms with Crippen LogP contribution in [0.2, 0.25) is 0 Å². The van der Waals surface area contributed by atoms with Crippen LogP contribution in [0.4, 0.5) is 13.2 Å². The molecule has 0 aromatic heterocycles. The van der Waals surface area contributed by atoms with E-state index >= 15 is 0 Å². The average molecular weight is 388 g/mol. The predicted molar refractivity (Wildman–Crippen MR) is 96.9 cm³/mol. The number of carbonyl (C=O) groups excluding carboxylic acids is 2. The molecular formula is C21H19F3N2O2. The van der Waals surface area contributed by atoms with Crippen LogP contribution in [0.25, 0.3) is 0 Å². The summed E-state index contributed by atoms with van der Waals surface area (Å²) < 4.78 is 38.6. The van der Waals surface area contributed by atoms with Crippen molar-refractivity contribution in [2.24, 2.45) is 0 Å². The number of hydrogen-bond donors (Lipinski definition) is 2. The third-order valence-electron chi connectivity index (χ3n) is 5.53. The van der Waals surface area contributed by atoms with Crippen LogP contribution in [-0.4, -0.2) is 24.4 Å². The Kier molecular flexibility index (Phi) is 4.61. The normalized spacial score (nSPS) is 24.0. The van der Waals surface area contributed by atoms with Crippen molar-refractivity contribution in [3.63, 3.8) is 0 Å². The van der Waals surface area contributed by atoms with Gasteiger partial charge in [0, 0.05) is 18.2 Å². The van der Waals surface area contributed by atoms with Crippen LogP contribution in [-0.2, 0) is 11.0 Å². The highest BCUT2D eigenvalue weighted by Gasteiger charge is 2.37. The topological polar surface area (TPSA) is 58.2 Å². The molecule has 1 saturated carbocycles. The van der Waals surface area contributed by atoms with Gasteiger partial charge in [0.05, 0.1) is 11.5 Å². The number of halogens is 3. The summed E-state index contributed by atoms with van der Waals surface area (Å²) >= 11 is 0. The van der Waals surface area contributed by atoms with Gasteiger partial charge < -0.3 is 10.6 Å². The van der Waals surface area contributed by atoms with Crippen molar-refractivity contribution >= 4 is 11.8 Å². The van der Waals surface area contributed by atoms with Crippen molar-refractivity contribution in [2.45, 2.75) is 36.9 Å². The fraction of sp³-hybridized carbons (Fsp3) is 0.333. The van der Waals surface area contributed by atoms with Crippen LogP contribution in [0.15, 0.2) is 48.5 Å². The molecule has 2 amide bonds. The Labute approximate surface area is 160 Å². The molecule has 1 fully saturated rings. The van der Waals surface area contributed by atoms with E-state index in [1.807, 2.05) is 0 Å². The number of alkyl halides is 3. The first-order chi connectivity index (χ1) is 13.3. The molecule has 0 bridgehead atoms. The predicted octanol–water partition coefficient (Wildman–Crippen LogP) is 3.59. The van der Waals surface area contributed by atoms with E-state index < -0.39 is 17.7 Å². The first kappa shape index (κ1) is 18.5. The van der Waals surface area contributed by atoms with E-state index in [1.54, 1.807) is 30.3 Å². The highest BCUT2D eigenvalue weighted by Crippen LogP contribution is 2.39. The second-order valence-electron chi connectivity index (χ2n) is 7.35. The number of benzene rings is 2. The van der Waals surface area contributed by atoms with Gasteiger partial charge in [-0.25, -0.2) is 0 Å². The maximum Gasteiger partial charge on any atom is 0.416 e. The monoisotopic (exact) mass is 388 g/mol. The molecule has 0 radical (unpaired) electrons. The van der Waals surface area contributed by atoms with Crippen molar-refractivity contribution in [2.75, 3.05) is 6.54 Å². The minimum Gasteiger partial charge on any atom is -0.353 e. The highest BCUT2D eigenvalue weighted by atomic mass is 19.4. The van der Waals surface area contributed by atoms with E-state index in [-0.39, 0.29) is 30.3 Å². The minimum absolute atomic E-state index is 0.00550. The summed E-state index contributed by atoms with van der Waals surface area (Å²) in [5, 5.41) is 5.70. The van der Waals surface area contributed by atoms with Crippen molar-refractivity contribution in [1.29, 1.82) is 0 Å². The lowest BCUT2D eigenvalue weighted by atomic mass is 9.75. The number of hydrogen-bond acceptors (Lipinski definition) is 2. The van der Waals surface area contributed by atoms with Gasteiger partial charge in [-0.1, -0.05) is 36.4 Å². The summed E-state index contributed by atoms with van der Waals surface area (Å²) in [6, 6.07) is 12.3. The van der Waals surface area contributed by atoms with E-state index in [0.717, 1.165) is 6.07 Å². The smallest absolute Gasteiger partial charge is 0.353 e. The molecule has 28 heavy (non-hydrogen) atoms. The molecule has 1 aliphatic heterocycles. The Bertz CT molecular complexity index is 920. The van der Waals surface area contributed by atoms with Gasteiger partial charge in [0.2, 0.25) is 5.91 Å².